The Balaban J connectivity index is 1.94. The Morgan fingerprint density at radius 2 is 1.80 bits per heavy atom. The average Bonchev–Trinajstić information content (AvgIpc) is 2.98. The predicted molar refractivity (Wildman–Crippen MR) is 76.7 cm³/mol. The molecule has 3 nitrogen and oxygen atoms in total. The molecular weight excluding hydrogens is 250 g/mol. The van der Waals surface area contributed by atoms with Gasteiger partial charge in [0.2, 0.25) is 6.23 Å². The summed E-state index contributed by atoms with van der Waals surface area (Å²) < 4.78 is 7.50. The van der Waals surface area contributed by atoms with Gasteiger partial charge in [0.15, 0.2) is 0 Å². The maximum absolute atomic E-state index is 12.0. The van der Waals surface area contributed by atoms with Crippen molar-refractivity contribution in [1.82, 2.24) is 4.57 Å². The van der Waals surface area contributed by atoms with E-state index in [0.717, 1.165) is 16.5 Å². The van der Waals surface area contributed by atoms with Gasteiger partial charge in [-0.15, -0.1) is 0 Å². The second-order valence-corrected chi connectivity index (χ2v) is 5.13. The third kappa shape index (κ3) is 1.50. The van der Waals surface area contributed by atoms with Gasteiger partial charge in [0.25, 0.3) is 0 Å². The second-order valence-electron chi connectivity index (χ2n) is 5.13. The van der Waals surface area contributed by atoms with E-state index in [0.29, 0.717) is 5.69 Å². The molecular formula is C17H13NO2. The van der Waals surface area contributed by atoms with Gasteiger partial charge < -0.3 is 4.74 Å². The smallest absolute Gasteiger partial charge is 0.357 e. The molecule has 1 aliphatic heterocycles. The zero-order valence-electron chi connectivity index (χ0n) is 11.0. The van der Waals surface area contributed by atoms with E-state index in [9.17, 15) is 4.79 Å². The van der Waals surface area contributed by atoms with Crippen molar-refractivity contribution in [1.29, 1.82) is 0 Å². The summed E-state index contributed by atoms with van der Waals surface area (Å²) in [6.45, 7) is 2.04. The largest absolute Gasteiger partial charge is 0.432 e. The number of benzene rings is 2. The van der Waals surface area contributed by atoms with Crippen LogP contribution in [0.25, 0.3) is 10.9 Å². The molecule has 0 saturated carbocycles. The molecule has 0 aliphatic carbocycles. The topological polar surface area (TPSA) is 31.2 Å². The van der Waals surface area contributed by atoms with Crippen LogP contribution in [-0.2, 0) is 4.74 Å². The van der Waals surface area contributed by atoms with Gasteiger partial charge in [-0.25, -0.2) is 4.79 Å². The normalized spacial score (nSPS) is 17.2. The molecule has 98 valence electrons. The minimum atomic E-state index is -0.363. The number of rotatable bonds is 1. The van der Waals surface area contributed by atoms with E-state index in [2.05, 4.69) is 0 Å². The third-order valence-electron chi connectivity index (χ3n) is 3.77. The Labute approximate surface area is 116 Å². The average molecular weight is 263 g/mol. The Morgan fingerprint density at radius 1 is 1.05 bits per heavy atom. The lowest BCUT2D eigenvalue weighted by atomic mass is 10.1. The quantitative estimate of drug-likeness (QED) is 0.627. The number of hydrogen-bond acceptors (Lipinski definition) is 2. The highest BCUT2D eigenvalue weighted by Crippen LogP contribution is 2.35. The number of ether oxygens (including phenoxy) is 1. The van der Waals surface area contributed by atoms with Crippen molar-refractivity contribution in [2.45, 2.75) is 13.2 Å². The molecule has 0 bridgehead atoms. The van der Waals surface area contributed by atoms with E-state index < -0.39 is 0 Å². The van der Waals surface area contributed by atoms with Gasteiger partial charge in [0.05, 0.1) is 5.52 Å². The lowest BCUT2D eigenvalue weighted by Gasteiger charge is -2.14. The number of nitrogens with zero attached hydrogens (tertiary/aromatic N) is 1. The molecule has 0 fully saturated rings. The zero-order chi connectivity index (χ0) is 13.7. The predicted octanol–water partition coefficient (Wildman–Crippen LogP) is 3.67. The summed E-state index contributed by atoms with van der Waals surface area (Å²) in [5, 5.41) is 1.07. The van der Waals surface area contributed by atoms with Gasteiger partial charge in [-0.2, -0.15) is 0 Å². The van der Waals surface area contributed by atoms with Gasteiger partial charge in [-0.3, -0.25) is 4.57 Å². The van der Waals surface area contributed by atoms with E-state index in [4.69, 9.17) is 4.74 Å². The van der Waals surface area contributed by atoms with Crippen LogP contribution in [0.2, 0.25) is 0 Å². The van der Waals surface area contributed by atoms with Crippen LogP contribution in [-0.4, -0.2) is 10.5 Å². The van der Waals surface area contributed by atoms with E-state index in [1.54, 1.807) is 0 Å². The molecule has 0 radical (unpaired) electrons. The van der Waals surface area contributed by atoms with Crippen LogP contribution >= 0.6 is 0 Å². The number of hydrogen-bond donors (Lipinski definition) is 0. The summed E-state index contributed by atoms with van der Waals surface area (Å²) in [4.78, 5) is 12.0. The van der Waals surface area contributed by atoms with Crippen molar-refractivity contribution < 1.29 is 9.53 Å². The van der Waals surface area contributed by atoms with Gasteiger partial charge in [-0.1, -0.05) is 48.0 Å². The van der Waals surface area contributed by atoms with Crippen LogP contribution in [0.4, 0.5) is 0 Å². The maximum atomic E-state index is 12.0. The van der Waals surface area contributed by atoms with E-state index in [1.165, 1.54) is 5.56 Å². The summed E-state index contributed by atoms with van der Waals surface area (Å²) in [6.07, 6.45) is -0.363. The summed E-state index contributed by atoms with van der Waals surface area (Å²) >= 11 is 0. The van der Waals surface area contributed by atoms with Crippen molar-refractivity contribution in [2.75, 3.05) is 0 Å². The van der Waals surface area contributed by atoms with Crippen LogP contribution in [0, 0.1) is 6.92 Å². The highest BCUT2D eigenvalue weighted by atomic mass is 16.6. The molecule has 3 heteroatoms. The highest BCUT2D eigenvalue weighted by molar-refractivity contribution is 5.97. The Morgan fingerprint density at radius 3 is 2.60 bits per heavy atom. The highest BCUT2D eigenvalue weighted by Gasteiger charge is 2.33. The molecule has 2 heterocycles. The minimum Gasteiger partial charge on any atom is -0.432 e. The van der Waals surface area contributed by atoms with E-state index >= 15 is 0 Å². The lowest BCUT2D eigenvalue weighted by molar-refractivity contribution is 0.0387. The molecule has 0 spiro atoms. The van der Waals surface area contributed by atoms with Crippen molar-refractivity contribution >= 4 is 16.9 Å². The second kappa shape index (κ2) is 3.97. The molecule has 1 aromatic heterocycles. The first-order chi connectivity index (χ1) is 9.74. The minimum absolute atomic E-state index is 0.258. The Kier molecular flexibility index (Phi) is 2.24. The number of carbonyl (C=O) groups excluding carboxylic acids is 1. The molecule has 3 aromatic rings. The van der Waals surface area contributed by atoms with Crippen LogP contribution in [0.1, 0.15) is 27.8 Å². The number of para-hydroxylation sites is 1. The lowest BCUT2D eigenvalue weighted by Crippen LogP contribution is -2.07. The summed E-state index contributed by atoms with van der Waals surface area (Å²) in [7, 11) is 0. The molecule has 20 heavy (non-hydrogen) atoms. The number of esters is 1. The molecule has 0 amide bonds. The van der Waals surface area contributed by atoms with Gasteiger partial charge in [-0.05, 0) is 19.1 Å². The van der Waals surface area contributed by atoms with E-state index in [-0.39, 0.29) is 12.2 Å². The van der Waals surface area contributed by atoms with Gasteiger partial charge in [0, 0.05) is 10.9 Å². The van der Waals surface area contributed by atoms with Crippen LogP contribution in [0.5, 0.6) is 0 Å². The van der Waals surface area contributed by atoms with Crippen molar-refractivity contribution in [3.05, 3.63) is 71.4 Å². The molecule has 1 atom stereocenters. The molecule has 0 N–H and O–H groups in total. The molecule has 2 aromatic carbocycles. The van der Waals surface area contributed by atoms with Gasteiger partial charge in [0.1, 0.15) is 5.69 Å². The van der Waals surface area contributed by atoms with Crippen LogP contribution in [0.15, 0.2) is 54.6 Å². The standard InChI is InChI=1S/C17H13NO2/c1-11-6-8-12(9-7-11)16-18-14-5-3-2-4-13(14)10-15(18)17(19)20-16/h2-10,16H,1H3. The number of aryl methyl sites for hydroxylation is 1. The Hall–Kier alpha value is -2.55. The molecule has 1 unspecified atom stereocenters. The monoisotopic (exact) mass is 263 g/mol. The Bertz CT molecular complexity index is 815. The van der Waals surface area contributed by atoms with E-state index in [1.807, 2.05) is 66.1 Å². The number of fused-ring (bicyclic) bond motifs is 3. The SMILES string of the molecule is Cc1ccc(C2OC(=O)c3cc4ccccc4n32)cc1. The molecule has 4 rings (SSSR count). The first-order valence-electron chi connectivity index (χ1n) is 6.61. The van der Waals surface area contributed by atoms with Crippen molar-refractivity contribution in [2.24, 2.45) is 0 Å². The summed E-state index contributed by atoms with van der Waals surface area (Å²) in [5.74, 6) is -0.258. The van der Waals surface area contributed by atoms with Crippen molar-refractivity contribution in [3.63, 3.8) is 0 Å². The first-order valence-corrected chi connectivity index (χ1v) is 6.61. The maximum Gasteiger partial charge on any atom is 0.357 e. The molecule has 0 saturated heterocycles. The number of aromatic nitrogens is 1. The van der Waals surface area contributed by atoms with Crippen molar-refractivity contribution in [3.8, 4) is 0 Å². The fourth-order valence-corrected chi connectivity index (χ4v) is 2.75. The number of cyclic esters (lactones) is 1. The fraction of sp³-hybridized carbons (Fsp3) is 0.118. The first kappa shape index (κ1) is 11.3. The fourth-order valence-electron chi connectivity index (χ4n) is 2.75. The van der Waals surface area contributed by atoms with Crippen LogP contribution in [0.3, 0.4) is 0 Å². The third-order valence-corrected chi connectivity index (χ3v) is 3.77. The van der Waals surface area contributed by atoms with Gasteiger partial charge >= 0.3 is 5.97 Å². The zero-order valence-corrected chi connectivity index (χ0v) is 11.0. The molecule has 1 aliphatic rings. The van der Waals surface area contributed by atoms with Crippen LogP contribution < -0.4 is 0 Å². The number of carbonyl (C=O) groups is 1. The summed E-state index contributed by atoms with van der Waals surface area (Å²) in [6, 6.07) is 18.0. The summed E-state index contributed by atoms with van der Waals surface area (Å²) in [5.41, 5.74) is 3.83.